The Hall–Kier alpha value is -4.63. The van der Waals surface area contributed by atoms with Crippen LogP contribution >= 0.6 is 11.3 Å². The van der Waals surface area contributed by atoms with Crippen LogP contribution in [-0.2, 0) is 0 Å². The van der Waals surface area contributed by atoms with E-state index in [1.807, 2.05) is 54.6 Å². The van der Waals surface area contributed by atoms with Crippen LogP contribution in [0.5, 0.6) is 0 Å². The zero-order valence-corrected chi connectivity index (χ0v) is 19.0. The number of nitrogens with one attached hydrogen (secondary N) is 2. The first-order valence-corrected chi connectivity index (χ1v) is 11.4. The predicted octanol–water partition coefficient (Wildman–Crippen LogP) is 5.64. The molecule has 5 rings (SSSR count). The minimum absolute atomic E-state index is 0.214. The molecule has 0 saturated carbocycles. The number of aromatic nitrogens is 3. The second-order valence-electron chi connectivity index (χ2n) is 7.49. The van der Waals surface area contributed by atoms with E-state index >= 15 is 0 Å². The molecule has 9 heteroatoms. The van der Waals surface area contributed by atoms with Gasteiger partial charge in [0.1, 0.15) is 18.3 Å². The molecule has 0 aliphatic carbocycles. The quantitative estimate of drug-likeness (QED) is 0.327. The van der Waals surface area contributed by atoms with E-state index in [9.17, 15) is 14.0 Å². The van der Waals surface area contributed by atoms with E-state index in [1.165, 1.54) is 29.5 Å². The smallest absolute Gasteiger partial charge is 0.265 e. The number of thiophene rings is 1. The summed E-state index contributed by atoms with van der Waals surface area (Å²) in [5.74, 6) is -1.32. The average molecular weight is 484 g/mol. The zero-order chi connectivity index (χ0) is 24.2. The molecule has 0 bridgehead atoms. The molecule has 0 aliphatic rings. The van der Waals surface area contributed by atoms with Gasteiger partial charge in [-0.2, -0.15) is 5.10 Å². The van der Waals surface area contributed by atoms with Gasteiger partial charge >= 0.3 is 0 Å². The van der Waals surface area contributed by atoms with Crippen LogP contribution in [-0.4, -0.2) is 26.6 Å². The Morgan fingerprint density at radius 2 is 1.54 bits per heavy atom. The number of amides is 2. The van der Waals surface area contributed by atoms with E-state index in [1.54, 1.807) is 18.2 Å². The van der Waals surface area contributed by atoms with Crippen molar-refractivity contribution in [2.24, 2.45) is 0 Å². The first-order chi connectivity index (χ1) is 17.1. The molecule has 0 atom stereocenters. The van der Waals surface area contributed by atoms with Crippen LogP contribution in [0.15, 0.2) is 97.6 Å². The fraction of sp³-hybridized carbons (Fsp3) is 0. The van der Waals surface area contributed by atoms with E-state index in [0.29, 0.717) is 15.4 Å². The van der Waals surface area contributed by atoms with Gasteiger partial charge in [0.15, 0.2) is 5.82 Å². The molecule has 2 aromatic heterocycles. The molecule has 3 aromatic carbocycles. The molecule has 2 N–H and O–H groups in total. The average Bonchev–Trinajstić information content (AvgIpc) is 3.58. The summed E-state index contributed by atoms with van der Waals surface area (Å²) in [4.78, 5) is 30.1. The highest BCUT2D eigenvalue weighted by Gasteiger charge is 2.16. The largest absolute Gasteiger partial charge is 0.321 e. The third kappa shape index (κ3) is 4.85. The van der Waals surface area contributed by atoms with Crippen molar-refractivity contribution in [1.29, 1.82) is 0 Å². The van der Waals surface area contributed by atoms with Crippen molar-refractivity contribution in [3.63, 3.8) is 0 Å². The molecule has 0 radical (unpaired) electrons. The van der Waals surface area contributed by atoms with Gasteiger partial charge in [-0.3, -0.25) is 9.59 Å². The monoisotopic (exact) mass is 483 g/mol. The van der Waals surface area contributed by atoms with Crippen LogP contribution in [0, 0.1) is 5.82 Å². The molecular weight excluding hydrogens is 465 g/mol. The van der Waals surface area contributed by atoms with Gasteiger partial charge in [0, 0.05) is 16.9 Å². The Labute approximate surface area is 203 Å². The van der Waals surface area contributed by atoms with Gasteiger partial charge in [0.2, 0.25) is 0 Å². The summed E-state index contributed by atoms with van der Waals surface area (Å²) >= 11 is 1.05. The van der Waals surface area contributed by atoms with E-state index in [4.69, 9.17) is 0 Å². The topological polar surface area (TPSA) is 88.9 Å². The number of hydrogen-bond donors (Lipinski definition) is 2. The van der Waals surface area contributed by atoms with Gasteiger partial charge in [-0.15, -0.1) is 11.3 Å². The second-order valence-corrected chi connectivity index (χ2v) is 8.57. The lowest BCUT2D eigenvalue weighted by Crippen LogP contribution is -2.12. The summed E-state index contributed by atoms with van der Waals surface area (Å²) < 4.78 is 15.7. The molecule has 0 spiro atoms. The number of carbonyl (C=O) groups is 2. The van der Waals surface area contributed by atoms with Crippen molar-refractivity contribution in [2.75, 3.05) is 10.6 Å². The lowest BCUT2D eigenvalue weighted by molar-refractivity contribution is 0.102. The van der Waals surface area contributed by atoms with Gasteiger partial charge in [-0.1, -0.05) is 48.5 Å². The van der Waals surface area contributed by atoms with Gasteiger partial charge in [0.25, 0.3) is 11.8 Å². The van der Waals surface area contributed by atoms with Crippen molar-refractivity contribution in [3.05, 3.63) is 113 Å². The number of benzene rings is 3. The van der Waals surface area contributed by atoms with Crippen LogP contribution in [0.1, 0.15) is 19.3 Å². The maximum absolute atomic E-state index is 14.4. The molecule has 35 heavy (non-hydrogen) atoms. The summed E-state index contributed by atoms with van der Waals surface area (Å²) in [6, 6.07) is 24.7. The lowest BCUT2D eigenvalue weighted by atomic mass is 10.0. The van der Waals surface area contributed by atoms with E-state index in [-0.39, 0.29) is 17.3 Å². The normalized spacial score (nSPS) is 10.7. The second kappa shape index (κ2) is 9.70. The van der Waals surface area contributed by atoms with Gasteiger partial charge in [-0.05, 0) is 42.0 Å². The van der Waals surface area contributed by atoms with Crippen LogP contribution in [0.3, 0.4) is 0 Å². The third-order valence-corrected chi connectivity index (χ3v) is 6.27. The van der Waals surface area contributed by atoms with Crippen molar-refractivity contribution in [2.45, 2.75) is 0 Å². The molecule has 172 valence electrons. The van der Waals surface area contributed by atoms with Crippen molar-refractivity contribution >= 4 is 34.5 Å². The summed E-state index contributed by atoms with van der Waals surface area (Å²) in [5.41, 5.74) is 3.05. The number of para-hydroxylation sites is 1. The molecule has 0 fully saturated rings. The Morgan fingerprint density at radius 1 is 0.829 bits per heavy atom. The maximum Gasteiger partial charge on any atom is 0.265 e. The molecule has 2 amide bonds. The standard InChI is InChI=1S/C26H18FN5O2S/c27-20-14-18(10-11-22(20)32-16-28-15-29-32)30-25(33)23-12-13-24(35-23)26(34)31-21-9-5-4-8-19(21)17-6-2-1-3-7-17/h1-16H,(H,30,33)(H,31,34). The predicted molar refractivity (Wildman–Crippen MR) is 133 cm³/mol. The van der Waals surface area contributed by atoms with Gasteiger partial charge in [0.05, 0.1) is 9.75 Å². The van der Waals surface area contributed by atoms with E-state index in [2.05, 4.69) is 20.7 Å². The van der Waals surface area contributed by atoms with E-state index in [0.717, 1.165) is 22.5 Å². The highest BCUT2D eigenvalue weighted by atomic mass is 32.1. The molecular formula is C26H18FN5O2S. The SMILES string of the molecule is O=C(Nc1ccc(-n2cncn2)c(F)c1)c1ccc(C(=O)Nc2ccccc2-c2ccccc2)s1. The first kappa shape index (κ1) is 22.2. The highest BCUT2D eigenvalue weighted by molar-refractivity contribution is 7.16. The number of anilines is 2. The van der Waals surface area contributed by atoms with Gasteiger partial charge in [-0.25, -0.2) is 14.1 Å². The molecule has 5 aromatic rings. The third-order valence-electron chi connectivity index (χ3n) is 5.18. The van der Waals surface area contributed by atoms with Crippen LogP contribution in [0.4, 0.5) is 15.8 Å². The summed E-state index contributed by atoms with van der Waals surface area (Å²) in [5, 5.41) is 9.49. The van der Waals surface area contributed by atoms with Crippen LogP contribution in [0.2, 0.25) is 0 Å². The van der Waals surface area contributed by atoms with Crippen LogP contribution < -0.4 is 10.6 Å². The number of rotatable bonds is 6. The Bertz CT molecular complexity index is 1500. The Balaban J connectivity index is 1.29. The van der Waals surface area contributed by atoms with Crippen molar-refractivity contribution in [3.8, 4) is 16.8 Å². The fourth-order valence-electron chi connectivity index (χ4n) is 3.52. The number of halogens is 1. The van der Waals surface area contributed by atoms with Gasteiger partial charge < -0.3 is 10.6 Å². The van der Waals surface area contributed by atoms with Crippen LogP contribution in [0.25, 0.3) is 16.8 Å². The number of nitrogens with zero attached hydrogens (tertiary/aromatic N) is 3. The Morgan fingerprint density at radius 3 is 2.26 bits per heavy atom. The molecule has 0 unspecified atom stereocenters. The zero-order valence-electron chi connectivity index (χ0n) is 18.2. The summed E-state index contributed by atoms with van der Waals surface area (Å²) in [6.07, 6.45) is 2.69. The molecule has 2 heterocycles. The summed E-state index contributed by atoms with van der Waals surface area (Å²) in [7, 11) is 0. The van der Waals surface area contributed by atoms with Crippen molar-refractivity contribution < 1.29 is 14.0 Å². The maximum atomic E-state index is 14.4. The molecule has 0 saturated heterocycles. The Kier molecular flexibility index (Phi) is 6.15. The summed E-state index contributed by atoms with van der Waals surface area (Å²) in [6.45, 7) is 0. The fourth-order valence-corrected chi connectivity index (χ4v) is 4.32. The van der Waals surface area contributed by atoms with Crippen molar-refractivity contribution in [1.82, 2.24) is 14.8 Å². The number of carbonyl (C=O) groups excluding carboxylic acids is 2. The molecule has 0 aliphatic heterocycles. The van der Waals surface area contributed by atoms with E-state index < -0.39 is 11.7 Å². The minimum Gasteiger partial charge on any atom is -0.321 e. The minimum atomic E-state index is -0.559. The highest BCUT2D eigenvalue weighted by Crippen LogP contribution is 2.29. The number of hydrogen-bond acceptors (Lipinski definition) is 5. The molecule has 7 nitrogen and oxygen atoms in total. The lowest BCUT2D eigenvalue weighted by Gasteiger charge is -2.10. The first-order valence-electron chi connectivity index (χ1n) is 10.6.